The number of phenolic OH excluding ortho intramolecular Hbond substituents is 1. The Bertz CT molecular complexity index is 791. The number of amides is 2. The van der Waals surface area contributed by atoms with Gasteiger partial charge in [-0.1, -0.05) is 12.1 Å². The van der Waals surface area contributed by atoms with E-state index in [2.05, 4.69) is 10.6 Å². The van der Waals surface area contributed by atoms with E-state index in [1.54, 1.807) is 12.1 Å². The number of carbonyl (C=O) groups is 2. The van der Waals surface area contributed by atoms with Gasteiger partial charge in [-0.3, -0.25) is 19.7 Å². The first kappa shape index (κ1) is 16.9. The fourth-order valence-corrected chi connectivity index (χ4v) is 1.94. The lowest BCUT2D eigenvalue weighted by molar-refractivity contribution is -0.384. The summed E-state index contributed by atoms with van der Waals surface area (Å²) in [6, 6.07) is 10.3. The van der Waals surface area contributed by atoms with Crippen LogP contribution in [0.2, 0.25) is 0 Å². The number of anilines is 1. The molecular formula is C16H15N3O5. The predicted octanol–water partition coefficient (Wildman–Crippen LogP) is 2.06. The summed E-state index contributed by atoms with van der Waals surface area (Å²) in [5, 5.41) is 25.1. The molecule has 0 aliphatic rings. The van der Waals surface area contributed by atoms with Gasteiger partial charge in [-0.2, -0.15) is 0 Å². The second-order valence-electron chi connectivity index (χ2n) is 5.04. The van der Waals surface area contributed by atoms with Gasteiger partial charge in [0.2, 0.25) is 5.91 Å². The standard InChI is InChI=1S/C16H15N3O5/c1-10(15(21)18-12-5-3-7-14(20)9-12)17-16(22)11-4-2-6-13(8-11)19(23)24/h2-10,20H,1H3,(H,17,22)(H,18,21). The highest BCUT2D eigenvalue weighted by atomic mass is 16.6. The molecule has 24 heavy (non-hydrogen) atoms. The summed E-state index contributed by atoms with van der Waals surface area (Å²) >= 11 is 0. The van der Waals surface area contributed by atoms with Gasteiger partial charge in [0.1, 0.15) is 11.8 Å². The van der Waals surface area contributed by atoms with Crippen LogP contribution in [0.5, 0.6) is 5.75 Å². The van der Waals surface area contributed by atoms with Crippen molar-refractivity contribution < 1.29 is 19.6 Å². The van der Waals surface area contributed by atoms with Crippen LogP contribution in [0.1, 0.15) is 17.3 Å². The highest BCUT2D eigenvalue weighted by Gasteiger charge is 2.18. The lowest BCUT2D eigenvalue weighted by Crippen LogP contribution is -2.41. The van der Waals surface area contributed by atoms with Crippen LogP contribution in [0.4, 0.5) is 11.4 Å². The minimum Gasteiger partial charge on any atom is -0.508 e. The van der Waals surface area contributed by atoms with Gasteiger partial charge in [0.25, 0.3) is 11.6 Å². The SMILES string of the molecule is CC(NC(=O)c1cccc([N+](=O)[O-])c1)C(=O)Nc1cccc(O)c1. The Morgan fingerprint density at radius 1 is 1.17 bits per heavy atom. The smallest absolute Gasteiger partial charge is 0.270 e. The lowest BCUT2D eigenvalue weighted by atomic mass is 10.1. The number of aromatic hydroxyl groups is 1. The van der Waals surface area contributed by atoms with Crippen molar-refractivity contribution >= 4 is 23.2 Å². The van der Waals surface area contributed by atoms with Gasteiger partial charge in [0.15, 0.2) is 0 Å². The van der Waals surface area contributed by atoms with Crippen molar-refractivity contribution in [1.29, 1.82) is 0 Å². The molecule has 0 heterocycles. The monoisotopic (exact) mass is 329 g/mol. The number of nitro benzene ring substituents is 1. The van der Waals surface area contributed by atoms with E-state index in [9.17, 15) is 24.8 Å². The van der Waals surface area contributed by atoms with Crippen LogP contribution in [-0.4, -0.2) is 27.9 Å². The van der Waals surface area contributed by atoms with Crippen LogP contribution in [0.25, 0.3) is 0 Å². The van der Waals surface area contributed by atoms with Crippen LogP contribution in [0.15, 0.2) is 48.5 Å². The van der Waals surface area contributed by atoms with Gasteiger partial charge in [0.05, 0.1) is 4.92 Å². The summed E-state index contributed by atoms with van der Waals surface area (Å²) < 4.78 is 0. The fraction of sp³-hybridized carbons (Fsp3) is 0.125. The van der Waals surface area contributed by atoms with Crippen LogP contribution >= 0.6 is 0 Å². The molecule has 0 aliphatic heterocycles. The molecule has 0 fully saturated rings. The largest absolute Gasteiger partial charge is 0.508 e. The zero-order valence-corrected chi connectivity index (χ0v) is 12.7. The molecule has 0 saturated carbocycles. The van der Waals surface area contributed by atoms with Gasteiger partial charge in [-0.05, 0) is 25.1 Å². The second-order valence-corrected chi connectivity index (χ2v) is 5.04. The van der Waals surface area contributed by atoms with E-state index >= 15 is 0 Å². The summed E-state index contributed by atoms with van der Waals surface area (Å²) in [7, 11) is 0. The Balaban J connectivity index is 2.01. The number of rotatable bonds is 5. The van der Waals surface area contributed by atoms with Crippen LogP contribution in [0, 0.1) is 10.1 Å². The molecule has 0 bridgehead atoms. The summed E-state index contributed by atoms with van der Waals surface area (Å²) in [6.07, 6.45) is 0. The van der Waals surface area contributed by atoms with E-state index in [1.165, 1.54) is 37.3 Å². The number of hydrogen-bond acceptors (Lipinski definition) is 5. The van der Waals surface area contributed by atoms with Gasteiger partial charge in [-0.15, -0.1) is 0 Å². The molecule has 8 heteroatoms. The van der Waals surface area contributed by atoms with Crippen molar-refractivity contribution in [2.24, 2.45) is 0 Å². The second kappa shape index (κ2) is 7.23. The number of carbonyl (C=O) groups excluding carboxylic acids is 2. The minimum atomic E-state index is -0.876. The molecule has 0 aliphatic carbocycles. The van der Waals surface area contributed by atoms with Crippen molar-refractivity contribution in [3.63, 3.8) is 0 Å². The third kappa shape index (κ3) is 4.29. The molecule has 3 N–H and O–H groups in total. The molecule has 124 valence electrons. The zero-order valence-electron chi connectivity index (χ0n) is 12.7. The van der Waals surface area contributed by atoms with E-state index in [-0.39, 0.29) is 17.0 Å². The maximum atomic E-state index is 12.1. The summed E-state index contributed by atoms with van der Waals surface area (Å²) in [5.41, 5.74) is 0.261. The number of non-ortho nitro benzene ring substituents is 1. The van der Waals surface area contributed by atoms with Crippen LogP contribution < -0.4 is 10.6 Å². The van der Waals surface area contributed by atoms with E-state index in [0.29, 0.717) is 5.69 Å². The third-order valence-corrected chi connectivity index (χ3v) is 3.17. The maximum absolute atomic E-state index is 12.1. The normalized spacial score (nSPS) is 11.4. The van der Waals surface area contributed by atoms with Gasteiger partial charge in [0, 0.05) is 29.4 Å². The van der Waals surface area contributed by atoms with E-state index in [4.69, 9.17) is 0 Å². The first-order chi connectivity index (χ1) is 11.4. The maximum Gasteiger partial charge on any atom is 0.270 e. The first-order valence-corrected chi connectivity index (χ1v) is 7.02. The van der Waals surface area contributed by atoms with E-state index in [0.717, 1.165) is 6.07 Å². The molecule has 2 amide bonds. The van der Waals surface area contributed by atoms with Crippen LogP contribution in [-0.2, 0) is 4.79 Å². The predicted molar refractivity (Wildman–Crippen MR) is 86.8 cm³/mol. The van der Waals surface area contributed by atoms with Crippen molar-refractivity contribution in [1.82, 2.24) is 5.32 Å². The average Bonchev–Trinajstić information content (AvgIpc) is 2.54. The molecule has 2 aromatic rings. The molecule has 0 spiro atoms. The molecule has 1 unspecified atom stereocenters. The van der Waals surface area contributed by atoms with Crippen molar-refractivity contribution in [2.45, 2.75) is 13.0 Å². The Hall–Kier alpha value is -3.42. The molecule has 2 rings (SSSR count). The summed E-state index contributed by atoms with van der Waals surface area (Å²) in [4.78, 5) is 34.3. The number of phenols is 1. The van der Waals surface area contributed by atoms with Gasteiger partial charge >= 0.3 is 0 Å². The molecule has 8 nitrogen and oxygen atoms in total. The Morgan fingerprint density at radius 3 is 2.54 bits per heavy atom. The van der Waals surface area contributed by atoms with E-state index in [1.807, 2.05) is 0 Å². The van der Waals surface area contributed by atoms with Crippen molar-refractivity contribution in [3.8, 4) is 5.75 Å². The van der Waals surface area contributed by atoms with Crippen LogP contribution in [0.3, 0.4) is 0 Å². The van der Waals surface area contributed by atoms with E-state index < -0.39 is 22.8 Å². The molecule has 2 aromatic carbocycles. The van der Waals surface area contributed by atoms with Gasteiger partial charge < -0.3 is 15.7 Å². The Morgan fingerprint density at radius 2 is 1.88 bits per heavy atom. The topological polar surface area (TPSA) is 122 Å². The van der Waals surface area contributed by atoms with Gasteiger partial charge in [-0.25, -0.2) is 0 Å². The van der Waals surface area contributed by atoms with Crippen molar-refractivity contribution in [3.05, 3.63) is 64.2 Å². The molecule has 1 atom stereocenters. The lowest BCUT2D eigenvalue weighted by Gasteiger charge is -2.14. The Labute approximate surface area is 137 Å². The molecule has 0 saturated heterocycles. The minimum absolute atomic E-state index is 0.00100. The molecular weight excluding hydrogens is 314 g/mol. The highest BCUT2D eigenvalue weighted by Crippen LogP contribution is 2.16. The average molecular weight is 329 g/mol. The number of nitrogens with zero attached hydrogens (tertiary/aromatic N) is 1. The summed E-state index contributed by atoms with van der Waals surface area (Å²) in [6.45, 7) is 1.48. The number of nitro groups is 1. The molecule has 0 radical (unpaired) electrons. The number of nitrogens with one attached hydrogen (secondary N) is 2. The zero-order chi connectivity index (χ0) is 17.7. The molecule has 0 aromatic heterocycles. The Kier molecular flexibility index (Phi) is 5.10. The summed E-state index contributed by atoms with van der Waals surface area (Å²) in [5.74, 6) is -1.09. The first-order valence-electron chi connectivity index (χ1n) is 7.02. The van der Waals surface area contributed by atoms with Crippen molar-refractivity contribution in [2.75, 3.05) is 5.32 Å². The number of hydrogen-bond donors (Lipinski definition) is 3. The number of benzene rings is 2. The highest BCUT2D eigenvalue weighted by molar-refractivity contribution is 6.01. The third-order valence-electron chi connectivity index (χ3n) is 3.17. The fourth-order valence-electron chi connectivity index (χ4n) is 1.94. The quantitative estimate of drug-likeness (QED) is 0.572.